The van der Waals surface area contributed by atoms with Gasteiger partial charge in [-0.3, -0.25) is 0 Å². The molecule has 0 saturated carbocycles. The van der Waals surface area contributed by atoms with Gasteiger partial charge in [-0.25, -0.2) is 9.78 Å². The first-order valence-corrected chi connectivity index (χ1v) is 6.92. The molecule has 0 unspecified atom stereocenters. The molecule has 104 valence electrons. The van der Waals surface area contributed by atoms with Crippen LogP contribution in [0.3, 0.4) is 0 Å². The molecule has 0 atom stereocenters. The molecule has 3 nitrogen and oxygen atoms in total. The van der Waals surface area contributed by atoms with Gasteiger partial charge >= 0.3 is 5.97 Å². The summed E-state index contributed by atoms with van der Waals surface area (Å²) in [5, 5.41) is 10.6. The fourth-order valence-electron chi connectivity index (χ4n) is 2.72. The molecule has 2 aromatic carbocycles. The quantitative estimate of drug-likeness (QED) is 0.782. The highest BCUT2D eigenvalue weighted by Gasteiger charge is 2.19. The van der Waals surface area contributed by atoms with E-state index in [9.17, 15) is 9.90 Å². The van der Waals surface area contributed by atoms with Gasteiger partial charge in [-0.2, -0.15) is 0 Å². The van der Waals surface area contributed by atoms with E-state index in [1.54, 1.807) is 0 Å². The van der Waals surface area contributed by atoms with Gasteiger partial charge in [0.05, 0.1) is 5.52 Å². The third-order valence-electron chi connectivity index (χ3n) is 3.62. The van der Waals surface area contributed by atoms with Gasteiger partial charge in [-0.1, -0.05) is 55.5 Å². The van der Waals surface area contributed by atoms with Crippen LogP contribution in [0.4, 0.5) is 0 Å². The fraction of sp³-hybridized carbons (Fsp3) is 0.111. The highest BCUT2D eigenvalue weighted by molar-refractivity contribution is 6.01. The van der Waals surface area contributed by atoms with E-state index >= 15 is 0 Å². The van der Waals surface area contributed by atoms with Crippen LogP contribution >= 0.6 is 0 Å². The van der Waals surface area contributed by atoms with Crippen molar-refractivity contribution >= 4 is 16.9 Å². The van der Waals surface area contributed by atoms with Crippen molar-refractivity contribution in [2.24, 2.45) is 0 Å². The number of hydrogen-bond donors (Lipinski definition) is 1. The predicted octanol–water partition coefficient (Wildman–Crippen LogP) is 4.16. The number of aryl methyl sites for hydroxylation is 1. The zero-order valence-corrected chi connectivity index (χ0v) is 11.7. The Labute approximate surface area is 122 Å². The lowest BCUT2D eigenvalue weighted by Gasteiger charge is -2.14. The van der Waals surface area contributed by atoms with Gasteiger partial charge in [-0.05, 0) is 23.6 Å². The number of hydrogen-bond acceptors (Lipinski definition) is 2. The Morgan fingerprint density at radius 3 is 2.38 bits per heavy atom. The van der Waals surface area contributed by atoms with Crippen LogP contribution in [0.25, 0.3) is 22.0 Å². The zero-order chi connectivity index (χ0) is 14.8. The topological polar surface area (TPSA) is 50.2 Å². The maximum absolute atomic E-state index is 11.6. The molecule has 1 aromatic heterocycles. The zero-order valence-electron chi connectivity index (χ0n) is 11.7. The van der Waals surface area contributed by atoms with E-state index < -0.39 is 5.97 Å². The van der Waals surface area contributed by atoms with Crippen molar-refractivity contribution < 1.29 is 9.90 Å². The van der Waals surface area contributed by atoms with Crippen molar-refractivity contribution in [3.8, 4) is 11.1 Å². The number of carboxylic acid groups (broad SMARTS) is 1. The van der Waals surface area contributed by atoms with E-state index in [0.717, 1.165) is 34.0 Å². The third-order valence-corrected chi connectivity index (χ3v) is 3.62. The summed E-state index contributed by atoms with van der Waals surface area (Å²) in [6, 6.07) is 17.3. The lowest BCUT2D eigenvalue weighted by molar-refractivity contribution is 0.0692. The Morgan fingerprint density at radius 1 is 1.05 bits per heavy atom. The van der Waals surface area contributed by atoms with Gasteiger partial charge in [-0.15, -0.1) is 0 Å². The highest BCUT2D eigenvalue weighted by Crippen LogP contribution is 2.32. The molecule has 3 heteroatoms. The first-order chi connectivity index (χ1) is 10.2. The molecule has 3 rings (SSSR count). The number of pyridine rings is 1. The number of rotatable bonds is 3. The molecule has 0 radical (unpaired) electrons. The van der Waals surface area contributed by atoms with Crippen LogP contribution in [0, 0.1) is 0 Å². The summed E-state index contributed by atoms with van der Waals surface area (Å²) in [7, 11) is 0. The van der Waals surface area contributed by atoms with Crippen molar-refractivity contribution in [3.63, 3.8) is 0 Å². The Balaban J connectivity index is 2.45. The Bertz CT molecular complexity index is 810. The molecule has 1 heterocycles. The maximum atomic E-state index is 11.6. The molecule has 21 heavy (non-hydrogen) atoms. The molecule has 0 aliphatic heterocycles. The van der Waals surface area contributed by atoms with Gasteiger partial charge < -0.3 is 5.11 Å². The molecular weight excluding hydrogens is 262 g/mol. The summed E-state index contributed by atoms with van der Waals surface area (Å²) in [6.45, 7) is 2.04. The Hall–Kier alpha value is -2.68. The number of carboxylic acids is 1. The summed E-state index contributed by atoms with van der Waals surface area (Å²) < 4.78 is 0. The SMILES string of the molecule is CCc1c(-c2ccccc2)c(C(=O)O)nc2ccccc12. The number of fused-ring (bicyclic) bond motifs is 1. The lowest BCUT2D eigenvalue weighted by atomic mass is 9.93. The first kappa shape index (κ1) is 13.3. The van der Waals surface area contributed by atoms with Crippen LogP contribution in [0.2, 0.25) is 0 Å². The molecule has 0 spiro atoms. The molecular formula is C18H15NO2. The summed E-state index contributed by atoms with van der Waals surface area (Å²) in [5.74, 6) is -0.991. The fourth-order valence-corrected chi connectivity index (χ4v) is 2.72. The van der Waals surface area contributed by atoms with Crippen LogP contribution in [0.5, 0.6) is 0 Å². The smallest absolute Gasteiger partial charge is 0.355 e. The van der Waals surface area contributed by atoms with Crippen molar-refractivity contribution in [1.82, 2.24) is 4.98 Å². The second kappa shape index (κ2) is 5.37. The molecule has 1 N–H and O–H groups in total. The van der Waals surface area contributed by atoms with E-state index in [0.29, 0.717) is 0 Å². The standard InChI is InChI=1S/C18H15NO2/c1-2-13-14-10-6-7-11-15(14)19-17(18(20)21)16(13)12-8-4-3-5-9-12/h3-11H,2H2,1H3,(H,20,21). The minimum absolute atomic E-state index is 0.122. The Morgan fingerprint density at radius 2 is 1.71 bits per heavy atom. The maximum Gasteiger partial charge on any atom is 0.355 e. The van der Waals surface area contributed by atoms with Crippen molar-refractivity contribution in [2.75, 3.05) is 0 Å². The van der Waals surface area contributed by atoms with Crippen molar-refractivity contribution in [1.29, 1.82) is 0 Å². The van der Waals surface area contributed by atoms with Crippen LogP contribution < -0.4 is 0 Å². The lowest BCUT2D eigenvalue weighted by Crippen LogP contribution is -2.07. The monoisotopic (exact) mass is 277 g/mol. The second-order valence-electron chi connectivity index (χ2n) is 4.86. The highest BCUT2D eigenvalue weighted by atomic mass is 16.4. The number of para-hydroxylation sites is 1. The van der Waals surface area contributed by atoms with E-state index in [1.807, 2.05) is 61.5 Å². The molecule has 0 bridgehead atoms. The molecule has 3 aromatic rings. The minimum Gasteiger partial charge on any atom is -0.476 e. The number of carbonyl (C=O) groups is 1. The van der Waals surface area contributed by atoms with Gasteiger partial charge in [0.2, 0.25) is 0 Å². The van der Waals surface area contributed by atoms with E-state index in [-0.39, 0.29) is 5.69 Å². The minimum atomic E-state index is -0.991. The second-order valence-corrected chi connectivity index (χ2v) is 4.86. The van der Waals surface area contributed by atoms with E-state index in [4.69, 9.17) is 0 Å². The molecule has 0 saturated heterocycles. The van der Waals surface area contributed by atoms with Crippen molar-refractivity contribution in [2.45, 2.75) is 13.3 Å². The summed E-state index contributed by atoms with van der Waals surface area (Å²) in [5.41, 5.74) is 3.50. The summed E-state index contributed by atoms with van der Waals surface area (Å²) in [4.78, 5) is 16.0. The van der Waals surface area contributed by atoms with Crippen LogP contribution in [0.1, 0.15) is 23.0 Å². The van der Waals surface area contributed by atoms with Gasteiger partial charge in [0.15, 0.2) is 5.69 Å². The van der Waals surface area contributed by atoms with E-state index in [1.165, 1.54) is 0 Å². The van der Waals surface area contributed by atoms with Gasteiger partial charge in [0.1, 0.15) is 0 Å². The van der Waals surface area contributed by atoms with Crippen molar-refractivity contribution in [3.05, 3.63) is 65.9 Å². The van der Waals surface area contributed by atoms with E-state index in [2.05, 4.69) is 4.98 Å². The van der Waals surface area contributed by atoms with Crippen LogP contribution in [-0.2, 0) is 6.42 Å². The molecule has 0 amide bonds. The summed E-state index contributed by atoms with van der Waals surface area (Å²) in [6.07, 6.45) is 0.757. The molecule has 0 fully saturated rings. The molecule has 0 aliphatic rings. The largest absolute Gasteiger partial charge is 0.476 e. The Kier molecular flexibility index (Phi) is 3.40. The third kappa shape index (κ3) is 2.27. The van der Waals surface area contributed by atoms with Crippen LogP contribution in [-0.4, -0.2) is 16.1 Å². The molecule has 0 aliphatic carbocycles. The van der Waals surface area contributed by atoms with Gasteiger partial charge in [0, 0.05) is 10.9 Å². The van der Waals surface area contributed by atoms with Crippen LogP contribution in [0.15, 0.2) is 54.6 Å². The normalized spacial score (nSPS) is 10.7. The summed E-state index contributed by atoms with van der Waals surface area (Å²) >= 11 is 0. The number of aromatic carboxylic acids is 1. The average molecular weight is 277 g/mol. The average Bonchev–Trinajstić information content (AvgIpc) is 2.53. The first-order valence-electron chi connectivity index (χ1n) is 6.92. The number of nitrogens with zero attached hydrogens (tertiary/aromatic N) is 1. The predicted molar refractivity (Wildman–Crippen MR) is 83.5 cm³/mol. The number of aromatic nitrogens is 1. The number of benzene rings is 2. The van der Waals surface area contributed by atoms with Gasteiger partial charge in [0.25, 0.3) is 0 Å².